The Bertz CT molecular complexity index is 1040. The zero-order chi connectivity index (χ0) is 21.3. The summed E-state index contributed by atoms with van der Waals surface area (Å²) in [5, 5.41) is 11.9. The molecular formula is C22H22ClN3O4. The number of fused-ring (bicyclic) bond motifs is 2. The van der Waals surface area contributed by atoms with Crippen molar-refractivity contribution in [3.05, 3.63) is 73.6 Å². The molecule has 0 bridgehead atoms. The molecule has 1 aliphatic carbocycles. The Hall–Kier alpha value is -2.93. The summed E-state index contributed by atoms with van der Waals surface area (Å²) in [6, 6.07) is 7.47. The van der Waals surface area contributed by atoms with Gasteiger partial charge in [-0.25, -0.2) is 9.78 Å². The molecule has 1 amide bonds. The van der Waals surface area contributed by atoms with Gasteiger partial charge in [-0.15, -0.1) is 0 Å². The Morgan fingerprint density at radius 3 is 2.63 bits per heavy atom. The molecule has 1 aromatic heterocycles. The van der Waals surface area contributed by atoms with Crippen LogP contribution < -0.4 is 0 Å². The molecular weight excluding hydrogens is 406 g/mol. The van der Waals surface area contributed by atoms with Crippen LogP contribution in [0.25, 0.3) is 5.57 Å². The highest BCUT2D eigenvalue weighted by Gasteiger charge is 2.28. The lowest BCUT2D eigenvalue weighted by Gasteiger charge is -2.29. The summed E-state index contributed by atoms with van der Waals surface area (Å²) in [6.07, 6.45) is 3.83. The first-order valence-corrected chi connectivity index (χ1v) is 10.4. The number of amides is 1. The first-order chi connectivity index (χ1) is 14.5. The van der Waals surface area contributed by atoms with E-state index in [2.05, 4.69) is 4.98 Å². The number of pyridine rings is 1. The number of hydrogen-bond acceptors (Lipinski definition) is 5. The van der Waals surface area contributed by atoms with Crippen LogP contribution in [0.1, 0.15) is 42.1 Å². The van der Waals surface area contributed by atoms with Crippen molar-refractivity contribution in [2.45, 2.75) is 32.6 Å². The monoisotopic (exact) mass is 427 g/mol. The maximum atomic E-state index is 12.1. The Balaban J connectivity index is 1.79. The first kappa shape index (κ1) is 20.3. The Morgan fingerprint density at radius 1 is 1.20 bits per heavy atom. The third kappa shape index (κ3) is 3.89. The van der Waals surface area contributed by atoms with E-state index in [1.807, 2.05) is 18.2 Å². The number of carbonyl (C=O) groups is 1. The molecule has 30 heavy (non-hydrogen) atoms. The minimum atomic E-state index is -0.410. The molecule has 7 nitrogen and oxygen atoms in total. The molecule has 2 aliphatic rings. The van der Waals surface area contributed by atoms with Crippen molar-refractivity contribution in [2.24, 2.45) is 0 Å². The van der Waals surface area contributed by atoms with E-state index in [1.54, 1.807) is 17.9 Å². The van der Waals surface area contributed by atoms with E-state index in [1.165, 1.54) is 11.8 Å². The maximum absolute atomic E-state index is 12.1. The third-order valence-electron chi connectivity index (χ3n) is 5.65. The van der Waals surface area contributed by atoms with Gasteiger partial charge in [0.2, 0.25) is 0 Å². The van der Waals surface area contributed by atoms with E-state index < -0.39 is 4.92 Å². The van der Waals surface area contributed by atoms with Crippen molar-refractivity contribution < 1.29 is 14.5 Å². The number of rotatable bonds is 2. The number of hydrogen-bond donors (Lipinski definition) is 0. The first-order valence-electron chi connectivity index (χ1n) is 10.0. The molecule has 2 heterocycles. The summed E-state index contributed by atoms with van der Waals surface area (Å²) in [5.41, 5.74) is 6.06. The molecule has 8 heteroatoms. The number of nitro groups is 1. The van der Waals surface area contributed by atoms with Crippen molar-refractivity contribution in [1.29, 1.82) is 0 Å². The summed E-state index contributed by atoms with van der Waals surface area (Å²) < 4.78 is 5.12. The summed E-state index contributed by atoms with van der Waals surface area (Å²) in [5.74, 6) is 0. The second-order valence-electron chi connectivity index (χ2n) is 7.42. The minimum absolute atomic E-state index is 0.000723. The van der Waals surface area contributed by atoms with Crippen LogP contribution in [-0.4, -0.2) is 40.6 Å². The number of aromatic nitrogens is 1. The average molecular weight is 428 g/mol. The molecule has 0 radical (unpaired) electrons. The number of nitrogens with zero attached hydrogens (tertiary/aromatic N) is 3. The van der Waals surface area contributed by atoms with Crippen molar-refractivity contribution in [3.8, 4) is 0 Å². The van der Waals surface area contributed by atoms with E-state index in [0.717, 1.165) is 34.4 Å². The zero-order valence-corrected chi connectivity index (χ0v) is 17.4. The molecule has 1 aliphatic heterocycles. The van der Waals surface area contributed by atoms with E-state index in [4.69, 9.17) is 16.3 Å². The lowest BCUT2D eigenvalue weighted by molar-refractivity contribution is -0.385. The molecule has 1 aromatic carbocycles. The number of likely N-dealkylation sites (tertiary alicyclic amines) is 1. The van der Waals surface area contributed by atoms with E-state index in [0.29, 0.717) is 44.0 Å². The van der Waals surface area contributed by atoms with Crippen molar-refractivity contribution >= 4 is 29.0 Å². The molecule has 1 fully saturated rings. The molecule has 0 N–H and O–H groups in total. The van der Waals surface area contributed by atoms with Crippen LogP contribution in [0.15, 0.2) is 36.0 Å². The minimum Gasteiger partial charge on any atom is -0.450 e. The number of halogens is 1. The largest absolute Gasteiger partial charge is 0.450 e. The van der Waals surface area contributed by atoms with Gasteiger partial charge in [0.1, 0.15) is 6.20 Å². The summed E-state index contributed by atoms with van der Waals surface area (Å²) >= 11 is 6.25. The fraction of sp³-hybridized carbons (Fsp3) is 0.364. The topological polar surface area (TPSA) is 85.6 Å². The highest BCUT2D eigenvalue weighted by molar-refractivity contribution is 6.30. The van der Waals surface area contributed by atoms with Crippen LogP contribution in [-0.2, 0) is 17.6 Å². The summed E-state index contributed by atoms with van der Waals surface area (Å²) in [4.78, 5) is 29.2. The average Bonchev–Trinajstić information content (AvgIpc) is 2.90. The summed E-state index contributed by atoms with van der Waals surface area (Å²) in [7, 11) is 0. The number of benzene rings is 1. The standard InChI is InChI=1S/C22H22ClN3O4/c1-2-30-22(27)25-9-7-14(8-10-25)20-19-6-5-17(23)11-15(19)3-4-16-12-18(26(28)29)13-24-21(16)20/h5-6,11-13H,2-4,7-10H2,1H3. The molecule has 0 spiro atoms. The third-order valence-corrected chi connectivity index (χ3v) is 5.88. The van der Waals surface area contributed by atoms with E-state index in [9.17, 15) is 14.9 Å². The Morgan fingerprint density at radius 2 is 1.93 bits per heavy atom. The molecule has 0 atom stereocenters. The predicted octanol–water partition coefficient (Wildman–Crippen LogP) is 4.80. The van der Waals surface area contributed by atoms with Crippen LogP contribution in [0.5, 0.6) is 0 Å². The van der Waals surface area contributed by atoms with Crippen molar-refractivity contribution in [2.75, 3.05) is 19.7 Å². The highest BCUT2D eigenvalue weighted by atomic mass is 35.5. The van der Waals surface area contributed by atoms with Crippen molar-refractivity contribution in [3.63, 3.8) is 0 Å². The van der Waals surface area contributed by atoms with Crippen LogP contribution >= 0.6 is 11.6 Å². The number of aryl methyl sites for hydroxylation is 2. The van der Waals surface area contributed by atoms with E-state index >= 15 is 0 Å². The predicted molar refractivity (Wildman–Crippen MR) is 114 cm³/mol. The Kier molecular flexibility index (Phi) is 5.72. The van der Waals surface area contributed by atoms with Crippen LogP contribution in [0.2, 0.25) is 5.02 Å². The molecule has 1 saturated heterocycles. The van der Waals surface area contributed by atoms with Gasteiger partial charge in [-0.3, -0.25) is 10.1 Å². The molecule has 4 rings (SSSR count). The van der Waals surface area contributed by atoms with Gasteiger partial charge in [0.15, 0.2) is 0 Å². The number of piperidine rings is 1. The lowest BCUT2D eigenvalue weighted by Crippen LogP contribution is -2.37. The van der Waals surface area contributed by atoms with Crippen LogP contribution in [0, 0.1) is 10.1 Å². The van der Waals surface area contributed by atoms with Crippen LogP contribution in [0.3, 0.4) is 0 Å². The highest BCUT2D eigenvalue weighted by Crippen LogP contribution is 2.39. The maximum Gasteiger partial charge on any atom is 0.409 e. The Labute approximate surface area is 179 Å². The van der Waals surface area contributed by atoms with Crippen LogP contribution in [0.4, 0.5) is 10.5 Å². The van der Waals surface area contributed by atoms with E-state index in [-0.39, 0.29) is 11.8 Å². The normalized spacial score (nSPS) is 15.9. The summed E-state index contributed by atoms with van der Waals surface area (Å²) in [6.45, 7) is 3.30. The molecule has 0 saturated carbocycles. The second kappa shape index (κ2) is 8.44. The molecule has 0 unspecified atom stereocenters. The fourth-order valence-electron chi connectivity index (χ4n) is 4.21. The molecule has 156 valence electrons. The zero-order valence-electron chi connectivity index (χ0n) is 16.7. The number of ether oxygens (including phenoxy) is 1. The molecule has 2 aromatic rings. The van der Waals surface area contributed by atoms with Crippen molar-refractivity contribution in [1.82, 2.24) is 9.88 Å². The smallest absolute Gasteiger partial charge is 0.409 e. The lowest BCUT2D eigenvalue weighted by atomic mass is 9.88. The van der Waals surface area contributed by atoms with Gasteiger partial charge in [0.25, 0.3) is 5.69 Å². The van der Waals surface area contributed by atoms with Gasteiger partial charge < -0.3 is 9.64 Å². The SMILES string of the molecule is CCOC(=O)N1CCC(=C2c3ccc(Cl)cc3CCc3cc([N+](=O)[O-])cnc32)CC1. The van der Waals surface area contributed by atoms with Gasteiger partial charge in [0.05, 0.1) is 17.2 Å². The quantitative estimate of drug-likeness (QED) is 0.507. The van der Waals surface area contributed by atoms with Gasteiger partial charge in [-0.1, -0.05) is 23.2 Å². The van der Waals surface area contributed by atoms with Gasteiger partial charge in [-0.2, -0.15) is 0 Å². The van der Waals surface area contributed by atoms with Gasteiger partial charge in [-0.05, 0) is 61.4 Å². The number of carbonyl (C=O) groups excluding carboxylic acids is 1. The fourth-order valence-corrected chi connectivity index (χ4v) is 4.40. The van der Waals surface area contributed by atoms with Gasteiger partial charge >= 0.3 is 6.09 Å². The second-order valence-corrected chi connectivity index (χ2v) is 7.86. The van der Waals surface area contributed by atoms with Gasteiger partial charge in [0, 0.05) is 29.8 Å².